The Kier molecular flexibility index (Phi) is 3.86. The summed E-state index contributed by atoms with van der Waals surface area (Å²) in [6, 6.07) is 5.93. The highest BCUT2D eigenvalue weighted by Gasteiger charge is 2.33. The van der Waals surface area contributed by atoms with Gasteiger partial charge < -0.3 is 14.2 Å². The molecule has 1 aliphatic heterocycles. The lowest BCUT2D eigenvalue weighted by atomic mass is 10.00. The Morgan fingerprint density at radius 2 is 1.94 bits per heavy atom. The van der Waals surface area contributed by atoms with Crippen LogP contribution < -0.4 is 4.74 Å². The van der Waals surface area contributed by atoms with E-state index < -0.39 is 5.60 Å². The van der Waals surface area contributed by atoms with Crippen LogP contribution in [0.15, 0.2) is 28.7 Å². The summed E-state index contributed by atoms with van der Waals surface area (Å²) in [6.45, 7) is 0.930. The number of benzene rings is 1. The number of hydrogen-bond donors (Lipinski definition) is 0. The van der Waals surface area contributed by atoms with Crippen LogP contribution in [0.3, 0.4) is 0 Å². The van der Waals surface area contributed by atoms with Gasteiger partial charge in [-0.15, -0.1) is 0 Å². The second kappa shape index (κ2) is 5.21. The van der Waals surface area contributed by atoms with E-state index in [1.807, 2.05) is 30.4 Å². The average molecular weight is 299 g/mol. The molecule has 92 valence electrons. The van der Waals surface area contributed by atoms with E-state index in [1.54, 1.807) is 14.2 Å². The number of halogens is 1. The van der Waals surface area contributed by atoms with Crippen LogP contribution in [0, 0.1) is 0 Å². The van der Waals surface area contributed by atoms with E-state index in [4.69, 9.17) is 14.2 Å². The summed E-state index contributed by atoms with van der Waals surface area (Å²) in [5.41, 5.74) is 0.534. The van der Waals surface area contributed by atoms with Gasteiger partial charge in [-0.3, -0.25) is 0 Å². The molecule has 0 saturated heterocycles. The first-order valence-electron chi connectivity index (χ1n) is 5.35. The van der Waals surface area contributed by atoms with Gasteiger partial charge in [-0.25, -0.2) is 0 Å². The van der Waals surface area contributed by atoms with Gasteiger partial charge in [-0.2, -0.15) is 0 Å². The van der Waals surface area contributed by atoms with Gasteiger partial charge in [0, 0.05) is 24.3 Å². The summed E-state index contributed by atoms with van der Waals surface area (Å²) in [5, 5.41) is 0. The largest absolute Gasteiger partial charge is 0.478 e. The zero-order valence-electron chi connectivity index (χ0n) is 9.90. The van der Waals surface area contributed by atoms with Crippen molar-refractivity contribution >= 4 is 22.0 Å². The van der Waals surface area contributed by atoms with Gasteiger partial charge in [0.2, 0.25) is 0 Å². The Bertz CT molecular complexity index is 423. The Hall–Kier alpha value is -0.840. The van der Waals surface area contributed by atoms with Crippen molar-refractivity contribution in [3.8, 4) is 5.75 Å². The summed E-state index contributed by atoms with van der Waals surface area (Å²) in [4.78, 5) is 0. The van der Waals surface area contributed by atoms with Gasteiger partial charge in [0.1, 0.15) is 5.75 Å². The van der Waals surface area contributed by atoms with Crippen molar-refractivity contribution in [3.05, 3.63) is 34.3 Å². The molecule has 1 aromatic carbocycles. The van der Waals surface area contributed by atoms with Gasteiger partial charge in [-0.05, 0) is 24.3 Å². The molecule has 3 nitrogen and oxygen atoms in total. The van der Waals surface area contributed by atoms with Crippen molar-refractivity contribution in [2.75, 3.05) is 27.4 Å². The minimum atomic E-state index is -0.523. The Balaban J connectivity index is 2.30. The molecule has 17 heavy (non-hydrogen) atoms. The molecule has 1 aromatic rings. The van der Waals surface area contributed by atoms with E-state index in [9.17, 15) is 0 Å². The Labute approximate surface area is 109 Å². The first-order valence-corrected chi connectivity index (χ1v) is 6.14. The third-order valence-corrected chi connectivity index (χ3v) is 3.12. The SMILES string of the molecule is COCC1(COC)C=Cc2cc(Br)ccc2O1. The van der Waals surface area contributed by atoms with Gasteiger partial charge in [-0.1, -0.05) is 22.0 Å². The van der Waals surface area contributed by atoms with Crippen molar-refractivity contribution in [2.24, 2.45) is 0 Å². The molecule has 0 atom stereocenters. The predicted molar refractivity (Wildman–Crippen MR) is 70.3 cm³/mol. The van der Waals surface area contributed by atoms with E-state index in [1.165, 1.54) is 0 Å². The maximum Gasteiger partial charge on any atom is 0.174 e. The lowest BCUT2D eigenvalue weighted by molar-refractivity contribution is -0.0278. The van der Waals surface area contributed by atoms with E-state index >= 15 is 0 Å². The molecule has 0 amide bonds. The van der Waals surface area contributed by atoms with Crippen molar-refractivity contribution in [3.63, 3.8) is 0 Å². The predicted octanol–water partition coefficient (Wildman–Crippen LogP) is 2.89. The maximum atomic E-state index is 6.00. The Morgan fingerprint density at radius 1 is 1.24 bits per heavy atom. The summed E-state index contributed by atoms with van der Waals surface area (Å²) in [6.07, 6.45) is 4.04. The standard InChI is InChI=1S/C13H15BrO3/c1-15-8-13(9-16-2)6-5-10-7-11(14)3-4-12(10)17-13/h3-7H,8-9H2,1-2H3. The molecule has 1 aliphatic rings. The zero-order chi connectivity index (χ0) is 12.3. The molecule has 2 rings (SSSR count). The lowest BCUT2D eigenvalue weighted by Gasteiger charge is -2.33. The molecule has 0 radical (unpaired) electrons. The molecule has 0 aliphatic carbocycles. The topological polar surface area (TPSA) is 27.7 Å². The van der Waals surface area contributed by atoms with E-state index in [-0.39, 0.29) is 0 Å². The van der Waals surface area contributed by atoms with Gasteiger partial charge in [0.15, 0.2) is 5.60 Å². The quantitative estimate of drug-likeness (QED) is 0.855. The average Bonchev–Trinajstić information content (AvgIpc) is 2.30. The molecule has 0 bridgehead atoms. The van der Waals surface area contributed by atoms with Crippen molar-refractivity contribution in [1.29, 1.82) is 0 Å². The maximum absolute atomic E-state index is 6.00. The number of hydrogen-bond acceptors (Lipinski definition) is 3. The van der Waals surface area contributed by atoms with Crippen molar-refractivity contribution in [2.45, 2.75) is 5.60 Å². The van der Waals surface area contributed by atoms with Gasteiger partial charge >= 0.3 is 0 Å². The fourth-order valence-electron chi connectivity index (χ4n) is 1.92. The van der Waals surface area contributed by atoms with Crippen molar-refractivity contribution < 1.29 is 14.2 Å². The monoisotopic (exact) mass is 298 g/mol. The highest BCUT2D eigenvalue weighted by molar-refractivity contribution is 9.10. The van der Waals surface area contributed by atoms with Gasteiger partial charge in [0.25, 0.3) is 0 Å². The molecule has 0 saturated carbocycles. The van der Waals surface area contributed by atoms with Crippen LogP contribution in [-0.2, 0) is 9.47 Å². The summed E-state index contributed by atoms with van der Waals surface area (Å²) in [7, 11) is 3.32. The number of methoxy groups -OCH3 is 2. The van der Waals surface area contributed by atoms with Crippen LogP contribution in [0.2, 0.25) is 0 Å². The summed E-state index contributed by atoms with van der Waals surface area (Å²) in [5.74, 6) is 0.852. The minimum absolute atomic E-state index is 0.465. The molecule has 4 heteroatoms. The molecule has 0 aromatic heterocycles. The van der Waals surface area contributed by atoms with Crippen LogP contribution in [0.5, 0.6) is 5.75 Å². The van der Waals surface area contributed by atoms with Gasteiger partial charge in [0.05, 0.1) is 13.2 Å². The van der Waals surface area contributed by atoms with E-state index in [0.717, 1.165) is 15.8 Å². The molecule has 0 fully saturated rings. The molecular formula is C13H15BrO3. The number of fused-ring (bicyclic) bond motifs is 1. The molecule has 0 N–H and O–H groups in total. The minimum Gasteiger partial charge on any atom is -0.478 e. The first-order chi connectivity index (χ1) is 8.19. The molecule has 0 unspecified atom stereocenters. The number of ether oxygens (including phenoxy) is 3. The van der Waals surface area contributed by atoms with Crippen molar-refractivity contribution in [1.82, 2.24) is 0 Å². The van der Waals surface area contributed by atoms with E-state index in [2.05, 4.69) is 15.9 Å². The van der Waals surface area contributed by atoms with Crippen LogP contribution in [0.1, 0.15) is 5.56 Å². The molecule has 1 heterocycles. The number of rotatable bonds is 4. The second-order valence-corrected chi connectivity index (χ2v) is 4.96. The summed E-state index contributed by atoms with van der Waals surface area (Å²) >= 11 is 3.44. The second-order valence-electron chi connectivity index (χ2n) is 4.05. The third-order valence-electron chi connectivity index (χ3n) is 2.63. The third kappa shape index (κ3) is 2.70. The molecular weight excluding hydrogens is 284 g/mol. The fourth-order valence-corrected chi connectivity index (χ4v) is 2.30. The Morgan fingerprint density at radius 3 is 2.59 bits per heavy atom. The first kappa shape index (κ1) is 12.6. The summed E-state index contributed by atoms with van der Waals surface area (Å²) < 4.78 is 17.5. The highest BCUT2D eigenvalue weighted by atomic mass is 79.9. The highest BCUT2D eigenvalue weighted by Crippen LogP contribution is 2.33. The van der Waals surface area contributed by atoms with Crippen LogP contribution >= 0.6 is 15.9 Å². The lowest BCUT2D eigenvalue weighted by Crippen LogP contribution is -2.44. The zero-order valence-corrected chi connectivity index (χ0v) is 11.5. The van der Waals surface area contributed by atoms with Crippen LogP contribution in [-0.4, -0.2) is 33.0 Å². The fraction of sp³-hybridized carbons (Fsp3) is 0.385. The molecule has 0 spiro atoms. The van der Waals surface area contributed by atoms with E-state index in [0.29, 0.717) is 13.2 Å². The smallest absolute Gasteiger partial charge is 0.174 e. The van der Waals surface area contributed by atoms with Crippen LogP contribution in [0.4, 0.5) is 0 Å². The normalized spacial score (nSPS) is 16.4. The van der Waals surface area contributed by atoms with Crippen LogP contribution in [0.25, 0.3) is 6.08 Å².